The first-order valence-electron chi connectivity index (χ1n) is 6.61. The van der Waals surface area contributed by atoms with Crippen LogP contribution in [0.15, 0.2) is 42.5 Å². The Balaban J connectivity index is 2.16. The van der Waals surface area contributed by atoms with E-state index in [9.17, 15) is 14.7 Å². The number of carboxylic acids is 1. The highest BCUT2D eigenvalue weighted by Gasteiger charge is 2.12. The Morgan fingerprint density at radius 1 is 1.18 bits per heavy atom. The fraction of sp³-hybridized carbons (Fsp3) is 0.125. The summed E-state index contributed by atoms with van der Waals surface area (Å²) in [6.45, 7) is 2.34. The third kappa shape index (κ3) is 3.54. The molecule has 0 aliphatic heterocycles. The monoisotopic (exact) mass is 301 g/mol. The number of rotatable bonds is 5. The second-order valence-corrected chi connectivity index (χ2v) is 4.45. The quantitative estimate of drug-likeness (QED) is 0.789. The number of carbonyl (C=O) groups is 2. The highest BCUT2D eigenvalue weighted by molar-refractivity contribution is 6.05. The molecule has 0 aliphatic carbocycles. The van der Waals surface area contributed by atoms with Crippen LogP contribution in [-0.2, 0) is 0 Å². The summed E-state index contributed by atoms with van der Waals surface area (Å²) in [5.74, 6) is -1.45. The Labute approximate surface area is 127 Å². The van der Waals surface area contributed by atoms with E-state index in [0.29, 0.717) is 23.6 Å². The van der Waals surface area contributed by atoms with Gasteiger partial charge < -0.3 is 20.3 Å². The summed E-state index contributed by atoms with van der Waals surface area (Å²) in [5.41, 5.74) is 0.471. The molecule has 2 aromatic rings. The van der Waals surface area contributed by atoms with Gasteiger partial charge in [0.15, 0.2) is 0 Å². The van der Waals surface area contributed by atoms with E-state index in [4.69, 9.17) is 9.84 Å². The topological polar surface area (TPSA) is 95.9 Å². The maximum Gasteiger partial charge on any atom is 0.339 e. The zero-order chi connectivity index (χ0) is 16.1. The van der Waals surface area contributed by atoms with Crippen molar-refractivity contribution >= 4 is 17.6 Å². The molecule has 0 heterocycles. The van der Waals surface area contributed by atoms with Crippen molar-refractivity contribution in [3.05, 3.63) is 53.6 Å². The molecule has 0 atom stereocenters. The molecule has 0 unspecified atom stereocenters. The van der Waals surface area contributed by atoms with Crippen molar-refractivity contribution in [2.45, 2.75) is 6.92 Å². The van der Waals surface area contributed by atoms with Crippen LogP contribution in [0.4, 0.5) is 5.69 Å². The van der Waals surface area contributed by atoms with E-state index in [1.807, 2.05) is 6.92 Å². The van der Waals surface area contributed by atoms with Crippen molar-refractivity contribution in [3.63, 3.8) is 0 Å². The average molecular weight is 301 g/mol. The van der Waals surface area contributed by atoms with Crippen LogP contribution >= 0.6 is 0 Å². The van der Waals surface area contributed by atoms with Gasteiger partial charge in [0.25, 0.3) is 5.91 Å². The highest BCUT2D eigenvalue weighted by Crippen LogP contribution is 2.23. The van der Waals surface area contributed by atoms with Crippen molar-refractivity contribution in [2.75, 3.05) is 11.9 Å². The predicted molar refractivity (Wildman–Crippen MR) is 80.6 cm³/mol. The summed E-state index contributed by atoms with van der Waals surface area (Å²) in [7, 11) is 0. The third-order valence-electron chi connectivity index (χ3n) is 2.89. The predicted octanol–water partition coefficient (Wildman–Crippen LogP) is 2.74. The molecule has 1 amide bonds. The van der Waals surface area contributed by atoms with E-state index in [1.54, 1.807) is 24.3 Å². The molecule has 22 heavy (non-hydrogen) atoms. The molecular weight excluding hydrogens is 286 g/mol. The number of ether oxygens (including phenoxy) is 1. The number of hydrogen-bond acceptors (Lipinski definition) is 4. The molecule has 0 radical (unpaired) electrons. The second-order valence-electron chi connectivity index (χ2n) is 4.45. The molecule has 114 valence electrons. The minimum Gasteiger partial charge on any atom is -0.507 e. The minimum atomic E-state index is -1.24. The Hall–Kier alpha value is -3.02. The highest BCUT2D eigenvalue weighted by atomic mass is 16.5. The molecule has 2 rings (SSSR count). The molecule has 0 saturated heterocycles. The smallest absolute Gasteiger partial charge is 0.339 e. The molecule has 0 bridgehead atoms. The van der Waals surface area contributed by atoms with Crippen molar-refractivity contribution in [3.8, 4) is 11.5 Å². The van der Waals surface area contributed by atoms with Crippen molar-refractivity contribution in [2.24, 2.45) is 0 Å². The van der Waals surface area contributed by atoms with Crippen molar-refractivity contribution in [1.29, 1.82) is 0 Å². The van der Waals surface area contributed by atoms with E-state index in [-0.39, 0.29) is 11.5 Å². The van der Waals surface area contributed by atoms with Gasteiger partial charge in [-0.05, 0) is 37.3 Å². The maximum absolute atomic E-state index is 12.1. The lowest BCUT2D eigenvalue weighted by Crippen LogP contribution is -2.12. The van der Waals surface area contributed by atoms with Crippen LogP contribution in [0, 0.1) is 0 Å². The Bertz CT molecular complexity index is 711. The lowest BCUT2D eigenvalue weighted by Gasteiger charge is -2.08. The normalized spacial score (nSPS) is 10.0. The summed E-state index contributed by atoms with van der Waals surface area (Å²) in [5, 5.41) is 21.0. The van der Waals surface area contributed by atoms with Gasteiger partial charge in [-0.1, -0.05) is 6.07 Å². The van der Waals surface area contributed by atoms with E-state index in [0.717, 1.165) is 0 Å². The molecule has 6 nitrogen and oxygen atoms in total. The molecule has 3 N–H and O–H groups in total. The lowest BCUT2D eigenvalue weighted by molar-refractivity contribution is 0.0693. The van der Waals surface area contributed by atoms with E-state index in [2.05, 4.69) is 5.32 Å². The van der Waals surface area contributed by atoms with Gasteiger partial charge in [-0.25, -0.2) is 4.79 Å². The molecule has 6 heteroatoms. The summed E-state index contributed by atoms with van der Waals surface area (Å²) in [4.78, 5) is 23.0. The first kappa shape index (κ1) is 15.4. The number of aromatic carboxylic acids is 1. The number of carboxylic acid groups (broad SMARTS) is 1. The number of nitrogens with one attached hydrogen (secondary N) is 1. The average Bonchev–Trinajstić information content (AvgIpc) is 2.47. The first-order chi connectivity index (χ1) is 10.5. The minimum absolute atomic E-state index is 0.226. The second kappa shape index (κ2) is 6.62. The molecule has 0 aliphatic rings. The fourth-order valence-electron chi connectivity index (χ4n) is 1.89. The Morgan fingerprint density at radius 2 is 1.95 bits per heavy atom. The number of anilines is 1. The van der Waals surface area contributed by atoms with Gasteiger partial charge in [0, 0.05) is 17.3 Å². The Morgan fingerprint density at radius 3 is 2.59 bits per heavy atom. The van der Waals surface area contributed by atoms with Crippen LogP contribution in [0.1, 0.15) is 27.6 Å². The van der Waals surface area contributed by atoms with Gasteiger partial charge in [-0.3, -0.25) is 4.79 Å². The number of carbonyl (C=O) groups excluding carboxylic acids is 1. The van der Waals surface area contributed by atoms with Gasteiger partial charge in [0.1, 0.15) is 17.1 Å². The van der Waals surface area contributed by atoms with Gasteiger partial charge in [-0.15, -0.1) is 0 Å². The molecule has 0 aromatic heterocycles. The van der Waals surface area contributed by atoms with Gasteiger partial charge in [0.05, 0.1) is 6.61 Å². The molecular formula is C16H15NO5. The summed E-state index contributed by atoms with van der Waals surface area (Å²) >= 11 is 0. The van der Waals surface area contributed by atoms with E-state index < -0.39 is 11.7 Å². The molecule has 0 fully saturated rings. The number of aromatic hydroxyl groups is 1. The molecule has 0 saturated carbocycles. The van der Waals surface area contributed by atoms with Crippen LogP contribution in [0.5, 0.6) is 11.5 Å². The molecule has 2 aromatic carbocycles. The van der Waals surface area contributed by atoms with E-state index in [1.165, 1.54) is 18.2 Å². The van der Waals surface area contributed by atoms with Crippen LogP contribution in [0.2, 0.25) is 0 Å². The van der Waals surface area contributed by atoms with Crippen LogP contribution in [0.25, 0.3) is 0 Å². The Kier molecular flexibility index (Phi) is 4.63. The van der Waals surface area contributed by atoms with E-state index >= 15 is 0 Å². The number of amides is 1. The van der Waals surface area contributed by atoms with Crippen LogP contribution < -0.4 is 10.1 Å². The van der Waals surface area contributed by atoms with Crippen LogP contribution in [0.3, 0.4) is 0 Å². The maximum atomic E-state index is 12.1. The van der Waals surface area contributed by atoms with Gasteiger partial charge in [-0.2, -0.15) is 0 Å². The standard InChI is InChI=1S/C16H15NO5/c1-2-22-12-5-3-4-10(8-12)15(19)17-11-6-7-13(16(20)21)14(18)9-11/h3-9,18H,2H2,1H3,(H,17,19)(H,20,21). The summed E-state index contributed by atoms with van der Waals surface area (Å²) in [6, 6.07) is 10.5. The third-order valence-corrected chi connectivity index (χ3v) is 2.89. The fourth-order valence-corrected chi connectivity index (χ4v) is 1.89. The summed E-state index contributed by atoms with van der Waals surface area (Å²) in [6.07, 6.45) is 0. The first-order valence-corrected chi connectivity index (χ1v) is 6.61. The zero-order valence-electron chi connectivity index (χ0n) is 11.9. The van der Waals surface area contributed by atoms with Crippen LogP contribution in [-0.4, -0.2) is 28.7 Å². The largest absolute Gasteiger partial charge is 0.507 e. The van der Waals surface area contributed by atoms with Gasteiger partial charge >= 0.3 is 5.97 Å². The van der Waals surface area contributed by atoms with Crippen molar-refractivity contribution < 1.29 is 24.5 Å². The zero-order valence-corrected chi connectivity index (χ0v) is 11.9. The van der Waals surface area contributed by atoms with Crippen molar-refractivity contribution in [1.82, 2.24) is 0 Å². The number of phenols is 1. The SMILES string of the molecule is CCOc1cccc(C(=O)Nc2ccc(C(=O)O)c(O)c2)c1. The number of hydrogen-bond donors (Lipinski definition) is 3. The molecule has 0 spiro atoms. The van der Waals surface area contributed by atoms with Gasteiger partial charge in [0.2, 0.25) is 0 Å². The number of benzene rings is 2. The summed E-state index contributed by atoms with van der Waals surface area (Å²) < 4.78 is 5.32. The lowest BCUT2D eigenvalue weighted by atomic mass is 10.1.